The molecular formula is C12H15N3O. The van der Waals surface area contributed by atoms with Crippen molar-refractivity contribution in [3.8, 4) is 0 Å². The SMILES string of the molecule is c1cc2cc(NC3CCOCC3)ncc2[nH]1. The second-order valence-electron chi connectivity index (χ2n) is 4.17. The van der Waals surface area contributed by atoms with Gasteiger partial charge < -0.3 is 15.0 Å². The fraction of sp³-hybridized carbons (Fsp3) is 0.417. The Hall–Kier alpha value is -1.55. The Balaban J connectivity index is 1.77. The first-order valence-corrected chi connectivity index (χ1v) is 5.69. The van der Waals surface area contributed by atoms with Crippen LogP contribution < -0.4 is 5.32 Å². The predicted octanol–water partition coefficient (Wildman–Crippen LogP) is 2.15. The van der Waals surface area contributed by atoms with E-state index in [1.165, 1.54) is 5.39 Å². The molecule has 0 amide bonds. The molecule has 84 valence electrons. The second-order valence-corrected chi connectivity index (χ2v) is 4.17. The maximum absolute atomic E-state index is 5.33. The maximum Gasteiger partial charge on any atom is 0.126 e. The Morgan fingerprint density at radius 2 is 2.25 bits per heavy atom. The average molecular weight is 217 g/mol. The van der Waals surface area contributed by atoms with E-state index in [-0.39, 0.29) is 0 Å². The number of hydrogen-bond acceptors (Lipinski definition) is 3. The summed E-state index contributed by atoms with van der Waals surface area (Å²) in [6.07, 6.45) is 5.93. The zero-order chi connectivity index (χ0) is 10.8. The number of nitrogens with one attached hydrogen (secondary N) is 2. The lowest BCUT2D eigenvalue weighted by Crippen LogP contribution is -2.28. The molecule has 16 heavy (non-hydrogen) atoms. The van der Waals surface area contributed by atoms with Crippen LogP contribution >= 0.6 is 0 Å². The normalized spacial score (nSPS) is 17.8. The molecule has 0 bridgehead atoms. The first kappa shape index (κ1) is 9.66. The smallest absolute Gasteiger partial charge is 0.126 e. The number of hydrogen-bond donors (Lipinski definition) is 2. The van der Waals surface area contributed by atoms with Gasteiger partial charge in [-0.15, -0.1) is 0 Å². The summed E-state index contributed by atoms with van der Waals surface area (Å²) >= 11 is 0. The van der Waals surface area contributed by atoms with E-state index in [0.29, 0.717) is 6.04 Å². The fourth-order valence-corrected chi connectivity index (χ4v) is 2.08. The van der Waals surface area contributed by atoms with Crippen molar-refractivity contribution >= 4 is 16.7 Å². The van der Waals surface area contributed by atoms with Crippen LogP contribution in [0.25, 0.3) is 10.9 Å². The third-order valence-corrected chi connectivity index (χ3v) is 3.01. The summed E-state index contributed by atoms with van der Waals surface area (Å²) in [6, 6.07) is 4.64. The Morgan fingerprint density at radius 3 is 3.12 bits per heavy atom. The summed E-state index contributed by atoms with van der Waals surface area (Å²) < 4.78 is 5.33. The summed E-state index contributed by atoms with van der Waals surface area (Å²) in [5.41, 5.74) is 1.08. The van der Waals surface area contributed by atoms with E-state index >= 15 is 0 Å². The monoisotopic (exact) mass is 217 g/mol. The molecule has 4 heteroatoms. The molecule has 0 radical (unpaired) electrons. The lowest BCUT2D eigenvalue weighted by molar-refractivity contribution is 0.0904. The zero-order valence-corrected chi connectivity index (χ0v) is 9.07. The molecule has 1 saturated heterocycles. The lowest BCUT2D eigenvalue weighted by atomic mass is 10.1. The van der Waals surface area contributed by atoms with Gasteiger partial charge >= 0.3 is 0 Å². The maximum atomic E-state index is 5.33. The van der Waals surface area contributed by atoms with Crippen LogP contribution in [0.15, 0.2) is 24.5 Å². The Kier molecular flexibility index (Phi) is 2.50. The Bertz CT molecular complexity index is 474. The van der Waals surface area contributed by atoms with Gasteiger partial charge in [0.25, 0.3) is 0 Å². The van der Waals surface area contributed by atoms with Crippen LogP contribution in [0.5, 0.6) is 0 Å². The summed E-state index contributed by atoms with van der Waals surface area (Å²) in [6.45, 7) is 1.70. The van der Waals surface area contributed by atoms with E-state index in [1.54, 1.807) is 0 Å². The quantitative estimate of drug-likeness (QED) is 0.810. The molecule has 0 aliphatic carbocycles. The van der Waals surface area contributed by atoms with E-state index < -0.39 is 0 Å². The van der Waals surface area contributed by atoms with Gasteiger partial charge in [0.2, 0.25) is 0 Å². The predicted molar refractivity (Wildman–Crippen MR) is 63.6 cm³/mol. The van der Waals surface area contributed by atoms with Gasteiger partial charge in [0, 0.05) is 30.8 Å². The standard InChI is InChI=1S/C12H15N3O/c1-4-13-11-8-14-12(7-9(1)11)15-10-2-5-16-6-3-10/h1,4,7-8,10,13H,2-3,5-6H2,(H,14,15). The first-order chi connectivity index (χ1) is 7.92. The molecule has 2 N–H and O–H groups in total. The number of aromatic amines is 1. The minimum Gasteiger partial charge on any atom is -0.381 e. The van der Waals surface area contributed by atoms with E-state index in [0.717, 1.165) is 37.4 Å². The Morgan fingerprint density at radius 1 is 1.38 bits per heavy atom. The van der Waals surface area contributed by atoms with Gasteiger partial charge in [-0.3, -0.25) is 0 Å². The lowest BCUT2D eigenvalue weighted by Gasteiger charge is -2.23. The van der Waals surface area contributed by atoms with Gasteiger partial charge in [0.15, 0.2) is 0 Å². The third-order valence-electron chi connectivity index (χ3n) is 3.01. The van der Waals surface area contributed by atoms with Crippen molar-refractivity contribution < 1.29 is 4.74 Å². The van der Waals surface area contributed by atoms with Gasteiger partial charge in [-0.1, -0.05) is 0 Å². The highest BCUT2D eigenvalue weighted by Crippen LogP contribution is 2.17. The van der Waals surface area contributed by atoms with Crippen LogP contribution in [0.2, 0.25) is 0 Å². The number of H-pyrrole nitrogens is 1. The number of anilines is 1. The number of rotatable bonds is 2. The van der Waals surface area contributed by atoms with Crippen LogP contribution in [0.4, 0.5) is 5.82 Å². The average Bonchev–Trinajstić information content (AvgIpc) is 2.77. The highest BCUT2D eigenvalue weighted by atomic mass is 16.5. The summed E-state index contributed by atoms with van der Waals surface area (Å²) in [5, 5.41) is 4.66. The van der Waals surface area contributed by atoms with Gasteiger partial charge in [0.05, 0.1) is 11.7 Å². The molecule has 0 atom stereocenters. The molecule has 0 unspecified atom stereocenters. The summed E-state index contributed by atoms with van der Waals surface area (Å²) in [4.78, 5) is 7.53. The van der Waals surface area contributed by atoms with Crippen molar-refractivity contribution in [1.82, 2.24) is 9.97 Å². The van der Waals surface area contributed by atoms with Crippen molar-refractivity contribution in [3.63, 3.8) is 0 Å². The molecule has 1 aliphatic rings. The van der Waals surface area contributed by atoms with Crippen LogP contribution in [0.1, 0.15) is 12.8 Å². The zero-order valence-electron chi connectivity index (χ0n) is 9.07. The topological polar surface area (TPSA) is 49.9 Å². The fourth-order valence-electron chi connectivity index (χ4n) is 2.08. The minimum atomic E-state index is 0.498. The molecule has 1 fully saturated rings. The molecule has 2 aromatic rings. The van der Waals surface area contributed by atoms with Gasteiger partial charge in [-0.2, -0.15) is 0 Å². The number of fused-ring (bicyclic) bond motifs is 1. The molecule has 0 aromatic carbocycles. The van der Waals surface area contributed by atoms with Crippen molar-refractivity contribution in [2.75, 3.05) is 18.5 Å². The first-order valence-electron chi connectivity index (χ1n) is 5.69. The molecule has 2 aromatic heterocycles. The number of pyridine rings is 1. The third kappa shape index (κ3) is 1.88. The van der Waals surface area contributed by atoms with Gasteiger partial charge in [-0.25, -0.2) is 4.98 Å². The van der Waals surface area contributed by atoms with Crippen LogP contribution in [0, 0.1) is 0 Å². The molecule has 4 nitrogen and oxygen atoms in total. The van der Waals surface area contributed by atoms with Crippen molar-refractivity contribution in [3.05, 3.63) is 24.5 Å². The van der Waals surface area contributed by atoms with Crippen LogP contribution in [0.3, 0.4) is 0 Å². The van der Waals surface area contributed by atoms with E-state index in [4.69, 9.17) is 4.74 Å². The van der Waals surface area contributed by atoms with Gasteiger partial charge in [0.1, 0.15) is 5.82 Å². The number of aromatic nitrogens is 2. The molecule has 3 heterocycles. The van der Waals surface area contributed by atoms with Gasteiger partial charge in [-0.05, 0) is 25.0 Å². The van der Waals surface area contributed by atoms with Crippen LogP contribution in [-0.4, -0.2) is 29.2 Å². The van der Waals surface area contributed by atoms with Crippen molar-refractivity contribution in [2.24, 2.45) is 0 Å². The van der Waals surface area contributed by atoms with Crippen LogP contribution in [-0.2, 0) is 4.74 Å². The summed E-state index contributed by atoms with van der Waals surface area (Å²) in [5.74, 6) is 0.957. The summed E-state index contributed by atoms with van der Waals surface area (Å²) in [7, 11) is 0. The van der Waals surface area contributed by atoms with E-state index in [2.05, 4.69) is 27.4 Å². The Labute approximate surface area is 94.0 Å². The molecule has 3 rings (SSSR count). The molecule has 1 aliphatic heterocycles. The minimum absolute atomic E-state index is 0.498. The van der Waals surface area contributed by atoms with Crippen molar-refractivity contribution in [2.45, 2.75) is 18.9 Å². The highest BCUT2D eigenvalue weighted by molar-refractivity contribution is 5.80. The number of nitrogens with zero attached hydrogens (tertiary/aromatic N) is 1. The van der Waals surface area contributed by atoms with E-state index in [9.17, 15) is 0 Å². The largest absolute Gasteiger partial charge is 0.381 e. The number of ether oxygens (including phenoxy) is 1. The second kappa shape index (κ2) is 4.14. The molecule has 0 saturated carbocycles. The molecule has 0 spiro atoms. The molecular weight excluding hydrogens is 202 g/mol. The van der Waals surface area contributed by atoms with E-state index in [1.807, 2.05) is 12.4 Å². The van der Waals surface area contributed by atoms with Crippen molar-refractivity contribution in [1.29, 1.82) is 0 Å². The highest BCUT2D eigenvalue weighted by Gasteiger charge is 2.13.